The van der Waals surface area contributed by atoms with E-state index in [0.717, 1.165) is 36.3 Å². The normalized spacial score (nSPS) is 17.4. The minimum absolute atomic E-state index is 0.0263. The number of rotatable bonds is 4. The number of carbonyl (C=O) groups is 1. The molecule has 0 spiro atoms. The molecule has 2 heterocycles. The lowest BCUT2D eigenvalue weighted by Crippen LogP contribution is -2.43. The molecule has 5 nitrogen and oxygen atoms in total. The van der Waals surface area contributed by atoms with Gasteiger partial charge in [0.2, 0.25) is 11.9 Å². The van der Waals surface area contributed by atoms with Crippen molar-refractivity contribution in [2.75, 3.05) is 18.0 Å². The zero-order chi connectivity index (χ0) is 17.8. The maximum absolute atomic E-state index is 12.9. The zero-order valence-corrected chi connectivity index (χ0v) is 14.6. The molecule has 1 saturated heterocycles. The molecule has 1 fully saturated rings. The number of aryl methyl sites for hydroxylation is 2. The van der Waals surface area contributed by atoms with Crippen LogP contribution in [0.3, 0.4) is 0 Å². The maximum atomic E-state index is 12.9. The van der Waals surface area contributed by atoms with Crippen LogP contribution >= 0.6 is 0 Å². The van der Waals surface area contributed by atoms with Gasteiger partial charge in [0.05, 0.1) is 5.92 Å². The van der Waals surface area contributed by atoms with Crippen molar-refractivity contribution in [1.29, 1.82) is 0 Å². The van der Waals surface area contributed by atoms with Crippen LogP contribution in [-0.2, 0) is 11.3 Å². The molecule has 0 bridgehead atoms. The molecule has 6 heteroatoms. The van der Waals surface area contributed by atoms with Crippen LogP contribution in [0.25, 0.3) is 0 Å². The Labute approximate surface area is 147 Å². The van der Waals surface area contributed by atoms with Crippen LogP contribution in [0.2, 0.25) is 0 Å². The minimum Gasteiger partial charge on any atom is -0.352 e. The minimum atomic E-state index is -0.272. The average Bonchev–Trinajstić information content (AvgIpc) is 2.60. The molecule has 1 N–H and O–H groups in total. The smallest absolute Gasteiger partial charge is 0.225 e. The van der Waals surface area contributed by atoms with Crippen molar-refractivity contribution < 1.29 is 9.18 Å². The first kappa shape index (κ1) is 17.3. The van der Waals surface area contributed by atoms with E-state index in [1.54, 1.807) is 12.1 Å². The highest BCUT2D eigenvalue weighted by Gasteiger charge is 2.27. The molecule has 1 amide bonds. The second-order valence-corrected chi connectivity index (χ2v) is 6.58. The highest BCUT2D eigenvalue weighted by Crippen LogP contribution is 2.21. The molecule has 132 valence electrons. The van der Waals surface area contributed by atoms with Crippen LogP contribution in [0.15, 0.2) is 30.3 Å². The summed E-state index contributed by atoms with van der Waals surface area (Å²) in [5.41, 5.74) is 2.76. The fourth-order valence-corrected chi connectivity index (χ4v) is 3.16. The van der Waals surface area contributed by atoms with E-state index in [4.69, 9.17) is 0 Å². The SMILES string of the molecule is Cc1cc(C)nc(N2CCC[C@H](C(=O)NCc3ccc(F)cc3)C2)n1. The summed E-state index contributed by atoms with van der Waals surface area (Å²) in [6, 6.07) is 8.13. The molecular weight excluding hydrogens is 319 g/mol. The van der Waals surface area contributed by atoms with Crippen LogP contribution in [0.1, 0.15) is 29.8 Å². The summed E-state index contributed by atoms with van der Waals surface area (Å²) in [5.74, 6) is 0.372. The van der Waals surface area contributed by atoms with Crippen molar-refractivity contribution in [3.63, 3.8) is 0 Å². The van der Waals surface area contributed by atoms with Crippen molar-refractivity contribution in [3.05, 3.63) is 53.1 Å². The number of anilines is 1. The number of hydrogen-bond acceptors (Lipinski definition) is 4. The third-order valence-electron chi connectivity index (χ3n) is 4.43. The molecule has 0 radical (unpaired) electrons. The van der Waals surface area contributed by atoms with E-state index in [2.05, 4.69) is 20.2 Å². The topological polar surface area (TPSA) is 58.1 Å². The van der Waals surface area contributed by atoms with Gasteiger partial charge in [-0.05, 0) is 50.5 Å². The highest BCUT2D eigenvalue weighted by molar-refractivity contribution is 5.79. The molecule has 1 aromatic heterocycles. The van der Waals surface area contributed by atoms with Gasteiger partial charge >= 0.3 is 0 Å². The first-order chi connectivity index (χ1) is 12.0. The summed E-state index contributed by atoms with van der Waals surface area (Å²) in [7, 11) is 0. The first-order valence-electron chi connectivity index (χ1n) is 8.60. The molecule has 1 aliphatic heterocycles. The molecule has 2 aromatic rings. The Bertz CT molecular complexity index is 727. The predicted molar refractivity (Wildman–Crippen MR) is 94.7 cm³/mol. The number of carbonyl (C=O) groups excluding carboxylic acids is 1. The average molecular weight is 342 g/mol. The Balaban J connectivity index is 1.60. The van der Waals surface area contributed by atoms with Crippen molar-refractivity contribution >= 4 is 11.9 Å². The van der Waals surface area contributed by atoms with E-state index >= 15 is 0 Å². The molecule has 1 atom stereocenters. The Kier molecular flexibility index (Phi) is 5.26. The van der Waals surface area contributed by atoms with E-state index in [-0.39, 0.29) is 17.6 Å². The van der Waals surface area contributed by atoms with Crippen LogP contribution in [0, 0.1) is 25.6 Å². The lowest BCUT2D eigenvalue weighted by atomic mass is 9.97. The van der Waals surface area contributed by atoms with Gasteiger partial charge in [0, 0.05) is 31.0 Å². The summed E-state index contributed by atoms with van der Waals surface area (Å²) in [5, 5.41) is 2.95. The van der Waals surface area contributed by atoms with E-state index in [1.807, 2.05) is 19.9 Å². The molecular formula is C19H23FN4O. The molecule has 1 aromatic carbocycles. The van der Waals surface area contributed by atoms with Crippen molar-refractivity contribution in [1.82, 2.24) is 15.3 Å². The second-order valence-electron chi connectivity index (χ2n) is 6.58. The van der Waals surface area contributed by atoms with Gasteiger partial charge in [-0.25, -0.2) is 14.4 Å². The van der Waals surface area contributed by atoms with Crippen molar-refractivity contribution in [2.24, 2.45) is 5.92 Å². The second kappa shape index (κ2) is 7.59. The molecule has 0 saturated carbocycles. The van der Waals surface area contributed by atoms with Gasteiger partial charge in [0.15, 0.2) is 0 Å². The maximum Gasteiger partial charge on any atom is 0.225 e. The highest BCUT2D eigenvalue weighted by atomic mass is 19.1. The number of piperidine rings is 1. The van der Waals surface area contributed by atoms with Crippen LogP contribution in [0.4, 0.5) is 10.3 Å². The number of hydrogen-bond donors (Lipinski definition) is 1. The lowest BCUT2D eigenvalue weighted by molar-refractivity contribution is -0.125. The van der Waals surface area contributed by atoms with Crippen LogP contribution in [0.5, 0.6) is 0 Å². The molecule has 0 aliphatic carbocycles. The van der Waals surface area contributed by atoms with Crippen molar-refractivity contribution in [2.45, 2.75) is 33.2 Å². The van der Waals surface area contributed by atoms with E-state index in [1.165, 1.54) is 12.1 Å². The van der Waals surface area contributed by atoms with E-state index in [0.29, 0.717) is 19.0 Å². The number of nitrogens with zero attached hydrogens (tertiary/aromatic N) is 3. The van der Waals surface area contributed by atoms with Gasteiger partial charge in [-0.3, -0.25) is 4.79 Å². The quantitative estimate of drug-likeness (QED) is 0.928. The fraction of sp³-hybridized carbons (Fsp3) is 0.421. The zero-order valence-electron chi connectivity index (χ0n) is 14.6. The van der Waals surface area contributed by atoms with Crippen LogP contribution in [-0.4, -0.2) is 29.0 Å². The Hall–Kier alpha value is -2.50. The largest absolute Gasteiger partial charge is 0.352 e. The van der Waals surface area contributed by atoms with E-state index < -0.39 is 0 Å². The predicted octanol–water partition coefficient (Wildman–Crippen LogP) is 2.77. The standard InChI is InChI=1S/C19H23FN4O/c1-13-10-14(2)23-19(22-13)24-9-3-4-16(12-24)18(25)21-11-15-5-7-17(20)8-6-15/h5-8,10,16H,3-4,9,11-12H2,1-2H3,(H,21,25)/t16-/m0/s1. The van der Waals surface area contributed by atoms with Crippen LogP contribution < -0.4 is 10.2 Å². The van der Waals surface area contributed by atoms with Gasteiger partial charge in [0.1, 0.15) is 5.82 Å². The summed E-state index contributed by atoms with van der Waals surface area (Å²) in [4.78, 5) is 23.6. The summed E-state index contributed by atoms with van der Waals surface area (Å²) in [6.07, 6.45) is 1.79. The van der Waals surface area contributed by atoms with Gasteiger partial charge in [-0.15, -0.1) is 0 Å². The number of benzene rings is 1. The van der Waals surface area contributed by atoms with Gasteiger partial charge in [-0.2, -0.15) is 0 Å². The molecule has 3 rings (SSSR count). The number of aromatic nitrogens is 2. The van der Waals surface area contributed by atoms with Gasteiger partial charge in [-0.1, -0.05) is 12.1 Å². The monoisotopic (exact) mass is 342 g/mol. The lowest BCUT2D eigenvalue weighted by Gasteiger charge is -2.32. The Morgan fingerprint density at radius 2 is 1.92 bits per heavy atom. The van der Waals surface area contributed by atoms with Gasteiger partial charge < -0.3 is 10.2 Å². The number of halogens is 1. The summed E-state index contributed by atoms with van der Waals surface area (Å²) in [6.45, 7) is 5.81. The number of amides is 1. The molecule has 0 unspecified atom stereocenters. The fourth-order valence-electron chi connectivity index (χ4n) is 3.16. The van der Waals surface area contributed by atoms with E-state index in [9.17, 15) is 9.18 Å². The summed E-state index contributed by atoms with van der Waals surface area (Å²) >= 11 is 0. The third kappa shape index (κ3) is 4.53. The molecule has 25 heavy (non-hydrogen) atoms. The van der Waals surface area contributed by atoms with Gasteiger partial charge in [0.25, 0.3) is 0 Å². The number of nitrogens with one attached hydrogen (secondary N) is 1. The van der Waals surface area contributed by atoms with Crippen molar-refractivity contribution in [3.8, 4) is 0 Å². The Morgan fingerprint density at radius 3 is 2.60 bits per heavy atom. The Morgan fingerprint density at radius 1 is 1.24 bits per heavy atom. The summed E-state index contributed by atoms with van der Waals surface area (Å²) < 4.78 is 12.9. The molecule has 1 aliphatic rings. The third-order valence-corrected chi connectivity index (χ3v) is 4.43. The first-order valence-corrected chi connectivity index (χ1v) is 8.60.